The first-order valence-electron chi connectivity index (χ1n) is 27.7. The second kappa shape index (κ2) is 26.7. The highest BCUT2D eigenvalue weighted by atomic mass is 32.2. The van der Waals surface area contributed by atoms with Gasteiger partial charge < -0.3 is 60.5 Å². The van der Waals surface area contributed by atoms with Crippen molar-refractivity contribution in [3.8, 4) is 39.5 Å². The van der Waals surface area contributed by atoms with Crippen molar-refractivity contribution in [2.45, 2.75) is 78.2 Å². The summed E-state index contributed by atoms with van der Waals surface area (Å²) in [6.07, 6.45) is -8.13. The number of halogens is 2. The van der Waals surface area contributed by atoms with Crippen LogP contribution in [0, 0.1) is 11.6 Å². The number of para-hydroxylation sites is 2. The minimum Gasteiger partial charge on any atom is -0.508 e. The Hall–Kier alpha value is -8.02. The first-order valence-corrected chi connectivity index (χ1v) is 30.4. The van der Waals surface area contributed by atoms with Crippen LogP contribution in [-0.2, 0) is 35.9 Å². The van der Waals surface area contributed by atoms with Gasteiger partial charge in [0.2, 0.25) is 11.8 Å². The molecule has 13 atom stereocenters. The lowest BCUT2D eigenvalue weighted by atomic mass is 9.89. The largest absolute Gasteiger partial charge is 0.508 e. The minimum absolute atomic E-state index is 0.00766. The molecule has 0 radical (unpaired) electrons. The van der Waals surface area contributed by atoms with Gasteiger partial charge >= 0.3 is 0 Å². The van der Waals surface area contributed by atoms with Crippen molar-refractivity contribution < 1.29 is 77.5 Å². The van der Waals surface area contributed by atoms with Gasteiger partial charge in [-0.2, -0.15) is 0 Å². The molecular weight excluding hydrogens is 1150 g/mol. The number of aliphatic hydroxyl groups excluding tert-OH is 6. The van der Waals surface area contributed by atoms with Crippen molar-refractivity contribution in [1.82, 2.24) is 0 Å². The standard InChI is InChI=1S/C36H36FNO9S.C30H26FNO5S/c37-24-13-10-21(11-14-24)27(40)16-17-48(46)35-30(38(36(35)45)25-4-2-1-3-5-25)26-15-12-23(18-28(26)41)20-6-8-22(9-7-20)34-33(44)32(43)31(42)29(19-39)47-34;31-22-12-9-19(10-13-22)26(34)15-16-38(37)29-28(32(30(29)36)23-6-2-1-3-7-23)25-14-11-21(18-27(25)35)20-5-4-8-24(33)17-20/h1-15,18,27,29-35,39-44H,16-17,19H2;1-14,17-18,26,28-29,33-35H,15-16H2/t27-,29+,30+,31+,32-,33+,34?,35+,48?;26-,28+,29+,38?/m00/s1. The van der Waals surface area contributed by atoms with Gasteiger partial charge in [0.15, 0.2) is 0 Å². The zero-order chi connectivity index (χ0) is 60.9. The molecule has 9 N–H and O–H groups in total. The highest BCUT2D eigenvalue weighted by Crippen LogP contribution is 2.48. The van der Waals surface area contributed by atoms with E-state index in [9.17, 15) is 72.7 Å². The van der Waals surface area contributed by atoms with Gasteiger partial charge in [-0.1, -0.05) is 121 Å². The van der Waals surface area contributed by atoms with E-state index in [4.69, 9.17) is 4.74 Å². The Bertz CT molecular complexity index is 3720. The monoisotopic (exact) mass is 1210 g/mol. The first-order chi connectivity index (χ1) is 41.4. The number of nitrogens with zero attached hydrogens (tertiary/aromatic N) is 2. The molecule has 11 rings (SSSR count). The normalized spacial score (nSPS) is 23.2. The summed E-state index contributed by atoms with van der Waals surface area (Å²) in [4.78, 5) is 29.8. The van der Waals surface area contributed by atoms with Crippen LogP contribution in [0.2, 0.25) is 0 Å². The van der Waals surface area contributed by atoms with Crippen LogP contribution in [0.5, 0.6) is 17.2 Å². The third-order valence-corrected chi connectivity index (χ3v) is 19.1. The zero-order valence-corrected chi connectivity index (χ0v) is 47.5. The van der Waals surface area contributed by atoms with Crippen molar-refractivity contribution in [2.75, 3.05) is 27.9 Å². The lowest BCUT2D eigenvalue weighted by molar-refractivity contribution is -0.231. The van der Waals surface area contributed by atoms with E-state index in [1.807, 2.05) is 18.2 Å². The van der Waals surface area contributed by atoms with Crippen LogP contribution in [0.3, 0.4) is 0 Å². The molecule has 86 heavy (non-hydrogen) atoms. The molecule has 3 saturated heterocycles. The molecule has 446 valence electrons. The van der Waals surface area contributed by atoms with Gasteiger partial charge in [-0.05, 0) is 125 Å². The van der Waals surface area contributed by atoms with Gasteiger partial charge in [0.25, 0.3) is 0 Å². The molecule has 0 spiro atoms. The summed E-state index contributed by atoms with van der Waals surface area (Å²) in [6.45, 7) is -0.536. The Morgan fingerprint density at radius 3 is 1.35 bits per heavy atom. The van der Waals surface area contributed by atoms with Crippen LogP contribution < -0.4 is 9.80 Å². The van der Waals surface area contributed by atoms with Gasteiger partial charge in [-0.3, -0.25) is 18.0 Å². The maximum Gasteiger partial charge on any atom is 0.245 e. The number of hydrogen-bond donors (Lipinski definition) is 9. The van der Waals surface area contributed by atoms with Crippen molar-refractivity contribution >= 4 is 44.8 Å². The SMILES string of the molecule is O=C1[C@H](S(=O)CC[C@H](O)c2ccc(F)cc2)[C@@H](c2ccc(-c3ccc(C4O[C@H](CO)[C@@H](O)[C@H](O)[C@H]4O)cc3)cc2O)N1c1ccccc1.O=C1[C@H](S(=O)CC[C@H](O)c2ccc(F)cc2)[C@@H](c2ccc(-c3cccc(O)c3)cc2O)N1c1ccccc1. The Balaban J connectivity index is 0.000000196. The van der Waals surface area contributed by atoms with E-state index >= 15 is 0 Å². The van der Waals surface area contributed by atoms with Crippen LogP contribution in [0.25, 0.3) is 22.3 Å². The number of β-lactam (4-membered cyclic amide) rings is 2. The average Bonchev–Trinajstić information content (AvgIpc) is 0.788. The molecule has 8 aromatic rings. The first kappa shape index (κ1) is 61.1. The molecule has 20 heteroatoms. The number of benzene rings is 8. The maximum atomic E-state index is 13.6. The second-order valence-electron chi connectivity index (χ2n) is 21.2. The van der Waals surface area contributed by atoms with Crippen molar-refractivity contribution in [3.05, 3.63) is 234 Å². The predicted molar refractivity (Wildman–Crippen MR) is 320 cm³/mol. The number of aliphatic hydroxyl groups is 6. The number of ether oxygens (including phenoxy) is 1. The van der Waals surface area contributed by atoms with E-state index in [1.54, 1.807) is 127 Å². The molecule has 3 aliphatic heterocycles. The van der Waals surface area contributed by atoms with Crippen molar-refractivity contribution in [2.24, 2.45) is 0 Å². The molecule has 3 heterocycles. The van der Waals surface area contributed by atoms with Gasteiger partial charge in [-0.25, -0.2) is 8.78 Å². The molecule has 0 aliphatic carbocycles. The fourth-order valence-electron chi connectivity index (χ4n) is 11.1. The third kappa shape index (κ3) is 12.9. The van der Waals surface area contributed by atoms with E-state index in [1.165, 1.54) is 58.3 Å². The smallest absolute Gasteiger partial charge is 0.245 e. The van der Waals surface area contributed by atoms with E-state index < -0.39 is 105 Å². The highest BCUT2D eigenvalue weighted by Gasteiger charge is 2.54. The highest BCUT2D eigenvalue weighted by molar-refractivity contribution is 7.87. The predicted octanol–water partition coefficient (Wildman–Crippen LogP) is 8.27. The van der Waals surface area contributed by atoms with Crippen LogP contribution in [0.15, 0.2) is 194 Å². The van der Waals surface area contributed by atoms with Gasteiger partial charge in [0.1, 0.15) is 69.9 Å². The summed E-state index contributed by atoms with van der Waals surface area (Å²) in [5, 5.41) is 91.6. The molecule has 0 aromatic heterocycles. The molecule has 3 unspecified atom stereocenters. The Morgan fingerprint density at radius 2 is 0.919 bits per heavy atom. The van der Waals surface area contributed by atoms with Gasteiger partial charge in [-0.15, -0.1) is 0 Å². The van der Waals surface area contributed by atoms with Crippen LogP contribution >= 0.6 is 0 Å². The number of phenolic OH excluding ortho intramolecular Hbond substituents is 3. The summed E-state index contributed by atoms with van der Waals surface area (Å²) in [7, 11) is -3.37. The van der Waals surface area contributed by atoms with Crippen molar-refractivity contribution in [3.63, 3.8) is 0 Å². The number of aromatic hydroxyl groups is 3. The molecule has 16 nitrogen and oxygen atoms in total. The number of anilines is 2. The summed E-state index contributed by atoms with van der Waals surface area (Å²) in [5.41, 5.74) is 6.28. The van der Waals surface area contributed by atoms with E-state index in [-0.39, 0.29) is 53.4 Å². The van der Waals surface area contributed by atoms with Gasteiger partial charge in [0, 0.05) is 55.6 Å². The lowest BCUT2D eigenvalue weighted by Crippen LogP contribution is -2.61. The number of amides is 2. The molecule has 0 saturated carbocycles. The Kier molecular flexibility index (Phi) is 19.0. The van der Waals surface area contributed by atoms with E-state index in [0.717, 1.165) is 0 Å². The minimum atomic E-state index is -1.72. The summed E-state index contributed by atoms with van der Waals surface area (Å²) >= 11 is 0. The van der Waals surface area contributed by atoms with E-state index in [0.29, 0.717) is 61.4 Å². The maximum absolute atomic E-state index is 13.6. The summed E-state index contributed by atoms with van der Waals surface area (Å²) in [5.74, 6) is -1.55. The Labute approximate surface area is 499 Å². The molecule has 8 aromatic carbocycles. The topological polar surface area (TPSA) is 266 Å². The molecular formula is C66H62F2N2O14S2. The average molecular weight is 1210 g/mol. The summed E-state index contributed by atoms with van der Waals surface area (Å²) < 4.78 is 59.2. The molecule has 3 fully saturated rings. The molecule has 2 amide bonds. The number of hydrogen-bond acceptors (Lipinski definition) is 14. The van der Waals surface area contributed by atoms with E-state index in [2.05, 4.69) is 0 Å². The molecule has 3 aliphatic rings. The fraction of sp³-hybridized carbons (Fsp3) is 0.242. The number of carbonyl (C=O) groups excluding carboxylic acids is 2. The lowest BCUT2D eigenvalue weighted by Gasteiger charge is -2.47. The van der Waals surface area contributed by atoms with Crippen LogP contribution in [-0.4, -0.2) is 119 Å². The number of carbonyl (C=O) groups is 2. The van der Waals surface area contributed by atoms with Crippen LogP contribution in [0.1, 0.15) is 71.1 Å². The summed E-state index contributed by atoms with van der Waals surface area (Å²) in [6, 6.07) is 50.8. The fourth-order valence-corrected chi connectivity index (χ4v) is 14.3. The quantitative estimate of drug-likeness (QED) is 0.0366. The zero-order valence-electron chi connectivity index (χ0n) is 45.9. The van der Waals surface area contributed by atoms with Crippen LogP contribution in [0.4, 0.5) is 20.2 Å². The molecule has 0 bridgehead atoms. The van der Waals surface area contributed by atoms with Gasteiger partial charge in [0.05, 0.1) is 30.9 Å². The van der Waals surface area contributed by atoms with Crippen molar-refractivity contribution in [1.29, 1.82) is 0 Å². The number of rotatable bonds is 18. The number of phenols is 3. The Morgan fingerprint density at radius 1 is 0.488 bits per heavy atom. The third-order valence-electron chi connectivity index (χ3n) is 15.8. The second-order valence-corrected chi connectivity index (χ2v) is 24.5.